The van der Waals surface area contributed by atoms with Crippen molar-refractivity contribution < 1.29 is 0 Å². The van der Waals surface area contributed by atoms with Gasteiger partial charge in [-0.1, -0.05) is 200 Å². The zero-order chi connectivity index (χ0) is 44.0. The Morgan fingerprint density at radius 2 is 0.818 bits per heavy atom. The molecule has 0 N–H and O–H groups in total. The first kappa shape index (κ1) is 38.7. The van der Waals surface area contributed by atoms with Crippen LogP contribution in [0.25, 0.3) is 122 Å². The lowest BCUT2D eigenvalue weighted by Gasteiger charge is -2.15. The Labute approximate surface area is 383 Å². The van der Waals surface area contributed by atoms with Gasteiger partial charge in [0.05, 0.1) is 23.0 Å². The normalized spacial score (nSPS) is 11.3. The molecule has 306 valence electrons. The highest BCUT2D eigenvalue weighted by Gasteiger charge is 2.17. The fourth-order valence-corrected chi connectivity index (χ4v) is 9.62. The van der Waals surface area contributed by atoms with E-state index in [1.54, 1.807) is 0 Å². The quantitative estimate of drug-likeness (QED) is 0.119. The molecule has 1 heterocycles. The lowest BCUT2D eigenvalue weighted by atomic mass is 9.89. The zero-order valence-corrected chi connectivity index (χ0v) is 35.9. The van der Waals surface area contributed by atoms with E-state index in [0.717, 1.165) is 61.1 Å². The van der Waals surface area contributed by atoms with E-state index in [1.165, 1.54) is 54.6 Å². The lowest BCUT2D eigenvalue weighted by Crippen LogP contribution is -1.97. The molecule has 0 saturated carbocycles. The van der Waals surface area contributed by atoms with Gasteiger partial charge in [0.1, 0.15) is 0 Å². The number of hydrogen-bond acceptors (Lipinski definition) is 3. The van der Waals surface area contributed by atoms with Gasteiger partial charge in [-0.15, -0.1) is 0 Å². The van der Waals surface area contributed by atoms with E-state index in [0.29, 0.717) is 11.4 Å². The van der Waals surface area contributed by atoms with Crippen LogP contribution >= 0.6 is 0 Å². The first-order chi connectivity index (χ1) is 32.6. The number of fused-ring (bicyclic) bond motifs is 5. The molecule has 12 aromatic rings. The van der Waals surface area contributed by atoms with Gasteiger partial charge in [0, 0.05) is 16.7 Å². The van der Waals surface area contributed by atoms with Gasteiger partial charge < -0.3 is 0 Å². The van der Waals surface area contributed by atoms with Crippen molar-refractivity contribution in [3.8, 4) is 84.5 Å². The van der Waals surface area contributed by atoms with Crippen LogP contribution in [0.3, 0.4) is 0 Å². The monoisotopic (exact) mass is 837 g/mol. The summed E-state index contributed by atoms with van der Waals surface area (Å²) in [5.41, 5.74) is 14.5. The number of hydrogen-bond donors (Lipinski definition) is 0. The molecule has 0 aliphatic rings. The second-order valence-corrected chi connectivity index (χ2v) is 16.8. The van der Waals surface area contributed by atoms with Crippen molar-refractivity contribution in [3.05, 3.63) is 242 Å². The highest BCUT2D eigenvalue weighted by molar-refractivity contribution is 6.20. The van der Waals surface area contributed by atoms with Crippen molar-refractivity contribution in [2.24, 2.45) is 0 Å². The molecule has 0 saturated heterocycles. The molecule has 3 nitrogen and oxygen atoms in total. The molecule has 3 heteroatoms. The van der Waals surface area contributed by atoms with E-state index in [2.05, 4.69) is 200 Å². The maximum Gasteiger partial charge on any atom is 0.161 e. The van der Waals surface area contributed by atoms with Crippen LogP contribution in [0.5, 0.6) is 0 Å². The molecule has 0 unspecified atom stereocenters. The maximum absolute atomic E-state index is 9.35. The van der Waals surface area contributed by atoms with Crippen LogP contribution in [0.1, 0.15) is 5.56 Å². The van der Waals surface area contributed by atoms with E-state index >= 15 is 0 Å². The van der Waals surface area contributed by atoms with Crippen molar-refractivity contribution in [2.75, 3.05) is 0 Å². The van der Waals surface area contributed by atoms with E-state index in [4.69, 9.17) is 9.97 Å². The molecule has 0 radical (unpaired) electrons. The smallest absolute Gasteiger partial charge is 0.161 e. The average Bonchev–Trinajstić information content (AvgIpc) is 3.40. The molecule has 0 aliphatic carbocycles. The molecule has 0 fully saturated rings. The third kappa shape index (κ3) is 6.95. The topological polar surface area (TPSA) is 49.6 Å². The highest BCUT2D eigenvalue weighted by Crippen LogP contribution is 2.41. The summed E-state index contributed by atoms with van der Waals surface area (Å²) in [6, 6.07) is 86.0. The third-order valence-electron chi connectivity index (χ3n) is 12.9. The summed E-state index contributed by atoms with van der Waals surface area (Å²) in [7, 11) is 0. The minimum atomic E-state index is 0.639. The van der Waals surface area contributed by atoms with E-state index < -0.39 is 0 Å². The number of nitrogens with zero attached hydrogens (tertiary/aromatic N) is 3. The molecule has 0 spiro atoms. The standard InChI is InChI=1S/C63H39N3/c64-40-41-21-23-44(24-22-41)49-15-10-16-51(37-49)61-39-60(47-12-2-1-3-13-47)65-63(66-61)58-36-35-53(55-19-8-9-20-56(55)58)46-29-25-42(26-30-46)43-27-31-48(32-28-43)62-54-18-7-5-14-50(54)38-59-52-17-6-4-11-45(52)33-34-57(59)62/h1-39H. The number of aromatic nitrogens is 2. The van der Waals surface area contributed by atoms with Gasteiger partial charge in [-0.05, 0) is 124 Å². The fourth-order valence-electron chi connectivity index (χ4n) is 9.62. The summed E-state index contributed by atoms with van der Waals surface area (Å²) < 4.78 is 0. The van der Waals surface area contributed by atoms with Crippen molar-refractivity contribution in [3.63, 3.8) is 0 Å². The molecule has 0 aliphatic heterocycles. The molecular formula is C63H39N3. The molecule has 12 rings (SSSR count). The Hall–Kier alpha value is -8.97. The first-order valence-corrected chi connectivity index (χ1v) is 22.3. The Balaban J connectivity index is 0.895. The Bertz CT molecular complexity index is 3850. The van der Waals surface area contributed by atoms with Gasteiger partial charge in [-0.25, -0.2) is 9.97 Å². The van der Waals surface area contributed by atoms with Gasteiger partial charge >= 0.3 is 0 Å². The van der Waals surface area contributed by atoms with Gasteiger partial charge in [0.2, 0.25) is 0 Å². The fraction of sp³-hybridized carbons (Fsp3) is 0. The van der Waals surface area contributed by atoms with Crippen LogP contribution < -0.4 is 0 Å². The summed E-state index contributed by atoms with van der Waals surface area (Å²) in [5.74, 6) is 0.668. The van der Waals surface area contributed by atoms with Gasteiger partial charge in [-0.3, -0.25) is 0 Å². The molecule has 66 heavy (non-hydrogen) atoms. The molecule has 0 bridgehead atoms. The van der Waals surface area contributed by atoms with Crippen LogP contribution in [0.15, 0.2) is 237 Å². The lowest BCUT2D eigenvalue weighted by molar-refractivity contribution is 1.19. The molecule has 0 amide bonds. The predicted octanol–water partition coefficient (Wildman–Crippen LogP) is 16.6. The van der Waals surface area contributed by atoms with Crippen molar-refractivity contribution in [1.29, 1.82) is 5.26 Å². The second-order valence-electron chi connectivity index (χ2n) is 16.8. The van der Waals surface area contributed by atoms with Crippen molar-refractivity contribution in [1.82, 2.24) is 9.97 Å². The molecular weight excluding hydrogens is 799 g/mol. The van der Waals surface area contributed by atoms with Gasteiger partial charge in [-0.2, -0.15) is 5.26 Å². The number of nitriles is 1. The maximum atomic E-state index is 9.35. The number of benzene rings is 11. The van der Waals surface area contributed by atoms with Crippen molar-refractivity contribution in [2.45, 2.75) is 0 Å². The Kier molecular flexibility index (Phi) is 9.55. The number of rotatable bonds is 7. The van der Waals surface area contributed by atoms with E-state index in [9.17, 15) is 5.26 Å². The van der Waals surface area contributed by atoms with Crippen LogP contribution in [-0.4, -0.2) is 9.97 Å². The van der Waals surface area contributed by atoms with Crippen LogP contribution in [0.4, 0.5) is 0 Å². The SMILES string of the molecule is N#Cc1ccc(-c2cccc(-c3cc(-c4ccccc4)nc(-c4ccc(-c5ccc(-c6ccc(-c7c8ccccc8cc8c7ccc7ccccc78)cc6)cc5)c5ccccc45)n3)c2)cc1. The Morgan fingerprint density at radius 1 is 0.288 bits per heavy atom. The van der Waals surface area contributed by atoms with Crippen LogP contribution in [0, 0.1) is 11.3 Å². The summed E-state index contributed by atoms with van der Waals surface area (Å²) in [6.07, 6.45) is 0. The van der Waals surface area contributed by atoms with Gasteiger partial charge in [0.15, 0.2) is 5.82 Å². The Morgan fingerprint density at radius 3 is 1.55 bits per heavy atom. The molecule has 0 atom stereocenters. The first-order valence-electron chi connectivity index (χ1n) is 22.3. The third-order valence-corrected chi connectivity index (χ3v) is 12.9. The summed E-state index contributed by atoms with van der Waals surface area (Å²) in [4.78, 5) is 10.5. The second kappa shape index (κ2) is 16.3. The summed E-state index contributed by atoms with van der Waals surface area (Å²) >= 11 is 0. The van der Waals surface area contributed by atoms with Crippen molar-refractivity contribution >= 4 is 43.1 Å². The average molecular weight is 838 g/mol. The highest BCUT2D eigenvalue weighted by atomic mass is 14.9. The molecule has 11 aromatic carbocycles. The van der Waals surface area contributed by atoms with E-state index in [-0.39, 0.29) is 0 Å². The van der Waals surface area contributed by atoms with Gasteiger partial charge in [0.25, 0.3) is 0 Å². The minimum Gasteiger partial charge on any atom is -0.228 e. The summed E-state index contributed by atoms with van der Waals surface area (Å²) in [5, 5.41) is 19.2. The largest absolute Gasteiger partial charge is 0.228 e. The zero-order valence-electron chi connectivity index (χ0n) is 35.9. The summed E-state index contributed by atoms with van der Waals surface area (Å²) in [6.45, 7) is 0. The van der Waals surface area contributed by atoms with Crippen LogP contribution in [0.2, 0.25) is 0 Å². The van der Waals surface area contributed by atoms with E-state index in [1.807, 2.05) is 42.5 Å². The van der Waals surface area contributed by atoms with Crippen LogP contribution in [-0.2, 0) is 0 Å². The molecule has 1 aromatic heterocycles. The minimum absolute atomic E-state index is 0.639. The predicted molar refractivity (Wildman–Crippen MR) is 275 cm³/mol.